The molecule has 5 heteroatoms. The van der Waals surface area contributed by atoms with Crippen molar-refractivity contribution >= 4 is 22.6 Å². The molecule has 2 unspecified atom stereocenters. The van der Waals surface area contributed by atoms with Crippen LogP contribution in [0.2, 0.25) is 0 Å². The Hall–Kier alpha value is -2.14. The largest absolute Gasteiger partial charge is 0.396 e. The van der Waals surface area contributed by atoms with Gasteiger partial charge in [-0.2, -0.15) is 0 Å². The first kappa shape index (κ1) is 16.7. The molecular formula is C19H25N3O2. The van der Waals surface area contributed by atoms with Gasteiger partial charge in [-0.15, -0.1) is 0 Å². The van der Waals surface area contributed by atoms with Crippen molar-refractivity contribution in [3.8, 4) is 0 Å². The number of aromatic nitrogens is 1. The van der Waals surface area contributed by atoms with Gasteiger partial charge in [0.1, 0.15) is 5.82 Å². The van der Waals surface area contributed by atoms with Crippen LogP contribution in [0.25, 0.3) is 10.9 Å². The number of anilines is 1. The van der Waals surface area contributed by atoms with Gasteiger partial charge in [0.05, 0.1) is 11.1 Å². The average Bonchev–Trinajstić information content (AvgIpc) is 3.14. The molecule has 0 bridgehead atoms. The Morgan fingerprint density at radius 1 is 1.29 bits per heavy atom. The average molecular weight is 327 g/mol. The summed E-state index contributed by atoms with van der Waals surface area (Å²) in [5.74, 6) is 0.660. The first-order chi connectivity index (χ1) is 11.6. The molecular weight excluding hydrogens is 302 g/mol. The van der Waals surface area contributed by atoms with E-state index >= 15 is 0 Å². The van der Waals surface area contributed by atoms with Gasteiger partial charge in [0.2, 0.25) is 0 Å². The number of pyridine rings is 1. The lowest BCUT2D eigenvalue weighted by Gasteiger charge is -2.23. The van der Waals surface area contributed by atoms with E-state index in [4.69, 9.17) is 4.98 Å². The van der Waals surface area contributed by atoms with Crippen molar-refractivity contribution in [3.63, 3.8) is 0 Å². The van der Waals surface area contributed by atoms with Crippen molar-refractivity contribution in [2.75, 3.05) is 24.6 Å². The Morgan fingerprint density at radius 3 is 2.71 bits per heavy atom. The molecule has 0 radical (unpaired) electrons. The van der Waals surface area contributed by atoms with Gasteiger partial charge in [-0.25, -0.2) is 4.98 Å². The monoisotopic (exact) mass is 327 g/mol. The SMILES string of the molecule is CC(CO)C(C)NC(=O)c1cc2ccccc2nc1N1CCCC1. The molecule has 1 aromatic carbocycles. The molecule has 2 N–H and O–H groups in total. The smallest absolute Gasteiger partial charge is 0.255 e. The van der Waals surface area contributed by atoms with Crippen LogP contribution in [-0.2, 0) is 0 Å². The predicted molar refractivity (Wildman–Crippen MR) is 96.4 cm³/mol. The third kappa shape index (κ3) is 3.36. The van der Waals surface area contributed by atoms with Crippen molar-refractivity contribution in [1.29, 1.82) is 0 Å². The first-order valence-corrected chi connectivity index (χ1v) is 8.66. The number of hydrogen-bond donors (Lipinski definition) is 2. The number of fused-ring (bicyclic) bond motifs is 1. The van der Waals surface area contributed by atoms with E-state index in [2.05, 4.69) is 10.2 Å². The van der Waals surface area contributed by atoms with Crippen molar-refractivity contribution in [1.82, 2.24) is 10.3 Å². The van der Waals surface area contributed by atoms with Gasteiger partial charge in [0, 0.05) is 31.1 Å². The molecule has 1 aromatic heterocycles. The molecule has 24 heavy (non-hydrogen) atoms. The minimum absolute atomic E-state index is 0.0117. The number of para-hydroxylation sites is 1. The lowest BCUT2D eigenvalue weighted by Crippen LogP contribution is -2.39. The maximum Gasteiger partial charge on any atom is 0.255 e. The number of nitrogens with zero attached hydrogens (tertiary/aromatic N) is 2. The summed E-state index contributed by atoms with van der Waals surface area (Å²) in [6, 6.07) is 9.72. The van der Waals surface area contributed by atoms with E-state index in [0.29, 0.717) is 5.56 Å². The summed E-state index contributed by atoms with van der Waals surface area (Å²) in [7, 11) is 0. The Morgan fingerprint density at radius 2 is 2.00 bits per heavy atom. The lowest BCUT2D eigenvalue weighted by molar-refractivity contribution is 0.0916. The van der Waals surface area contributed by atoms with Gasteiger partial charge in [0.15, 0.2) is 0 Å². The van der Waals surface area contributed by atoms with Gasteiger partial charge in [-0.05, 0) is 37.8 Å². The standard InChI is InChI=1S/C19H25N3O2/c1-13(12-23)14(2)20-19(24)16-11-15-7-3-4-8-17(15)21-18(16)22-9-5-6-10-22/h3-4,7-8,11,13-14,23H,5-6,9-10,12H2,1-2H3,(H,20,24). The van der Waals surface area contributed by atoms with Gasteiger partial charge in [-0.1, -0.05) is 25.1 Å². The van der Waals surface area contributed by atoms with Crippen molar-refractivity contribution in [2.45, 2.75) is 32.7 Å². The molecule has 0 aliphatic carbocycles. The molecule has 1 aliphatic heterocycles. The fourth-order valence-corrected chi connectivity index (χ4v) is 3.03. The summed E-state index contributed by atoms with van der Waals surface area (Å²) in [6.45, 7) is 5.77. The predicted octanol–water partition coefficient (Wildman–Crippen LogP) is 2.58. The number of aliphatic hydroxyl groups is 1. The summed E-state index contributed by atoms with van der Waals surface area (Å²) >= 11 is 0. The van der Waals surface area contributed by atoms with E-state index < -0.39 is 0 Å². The highest BCUT2D eigenvalue weighted by atomic mass is 16.3. The van der Waals surface area contributed by atoms with Crippen LogP contribution in [-0.4, -0.2) is 41.7 Å². The number of hydrogen-bond acceptors (Lipinski definition) is 4. The van der Waals surface area contributed by atoms with Crippen molar-refractivity contribution in [3.05, 3.63) is 35.9 Å². The third-order valence-corrected chi connectivity index (χ3v) is 4.85. The molecule has 128 valence electrons. The highest BCUT2D eigenvalue weighted by Gasteiger charge is 2.23. The zero-order chi connectivity index (χ0) is 17.1. The van der Waals surface area contributed by atoms with E-state index in [1.165, 1.54) is 0 Å². The van der Waals surface area contributed by atoms with Crippen molar-refractivity contribution in [2.24, 2.45) is 5.92 Å². The van der Waals surface area contributed by atoms with E-state index in [9.17, 15) is 9.90 Å². The molecule has 2 aromatic rings. The summed E-state index contributed by atoms with van der Waals surface area (Å²) in [5.41, 5.74) is 1.53. The Kier molecular flexibility index (Phi) is 5.00. The second kappa shape index (κ2) is 7.18. The third-order valence-electron chi connectivity index (χ3n) is 4.85. The number of aliphatic hydroxyl groups excluding tert-OH is 1. The number of nitrogens with one attached hydrogen (secondary N) is 1. The van der Waals surface area contributed by atoms with Gasteiger partial charge >= 0.3 is 0 Å². The maximum atomic E-state index is 12.8. The zero-order valence-corrected chi connectivity index (χ0v) is 14.3. The summed E-state index contributed by atoms with van der Waals surface area (Å²) in [6.07, 6.45) is 2.26. The molecule has 1 fully saturated rings. The molecule has 2 heterocycles. The van der Waals surface area contributed by atoms with Crippen LogP contribution in [0.15, 0.2) is 30.3 Å². The maximum absolute atomic E-state index is 12.8. The molecule has 2 atom stereocenters. The van der Waals surface area contributed by atoms with Crippen LogP contribution < -0.4 is 10.2 Å². The van der Waals surface area contributed by atoms with Crippen LogP contribution in [0.1, 0.15) is 37.0 Å². The van der Waals surface area contributed by atoms with Gasteiger partial charge in [-0.3, -0.25) is 4.79 Å². The quantitative estimate of drug-likeness (QED) is 0.886. The summed E-state index contributed by atoms with van der Waals surface area (Å²) in [4.78, 5) is 19.8. The topological polar surface area (TPSA) is 65.5 Å². The molecule has 1 amide bonds. The summed E-state index contributed by atoms with van der Waals surface area (Å²) < 4.78 is 0. The highest BCUT2D eigenvalue weighted by Crippen LogP contribution is 2.26. The highest BCUT2D eigenvalue weighted by molar-refractivity contribution is 6.02. The second-order valence-electron chi connectivity index (χ2n) is 6.67. The van der Waals surface area contributed by atoms with Crippen LogP contribution >= 0.6 is 0 Å². The van der Waals surface area contributed by atoms with Crippen LogP contribution in [0.3, 0.4) is 0 Å². The Bertz CT molecular complexity index is 726. The van der Waals surface area contributed by atoms with E-state index in [1.807, 2.05) is 44.2 Å². The minimum atomic E-state index is -0.122. The number of amides is 1. The van der Waals surface area contributed by atoms with Crippen LogP contribution in [0, 0.1) is 5.92 Å². The molecule has 3 rings (SSSR count). The minimum Gasteiger partial charge on any atom is -0.396 e. The number of carbonyl (C=O) groups excluding carboxylic acids is 1. The first-order valence-electron chi connectivity index (χ1n) is 8.66. The van der Waals surface area contributed by atoms with Gasteiger partial charge in [0.25, 0.3) is 5.91 Å². The molecule has 0 saturated carbocycles. The number of rotatable bonds is 5. The fraction of sp³-hybridized carbons (Fsp3) is 0.474. The molecule has 1 saturated heterocycles. The number of carbonyl (C=O) groups is 1. The van der Waals surface area contributed by atoms with Crippen LogP contribution in [0.4, 0.5) is 5.82 Å². The van der Waals surface area contributed by atoms with E-state index in [1.54, 1.807) is 0 Å². The Labute approximate surface area is 142 Å². The molecule has 0 spiro atoms. The second-order valence-corrected chi connectivity index (χ2v) is 6.67. The van der Waals surface area contributed by atoms with Crippen molar-refractivity contribution < 1.29 is 9.90 Å². The molecule has 5 nitrogen and oxygen atoms in total. The van der Waals surface area contributed by atoms with Gasteiger partial charge < -0.3 is 15.3 Å². The normalized spacial score (nSPS) is 17.0. The molecule has 1 aliphatic rings. The van der Waals surface area contributed by atoms with E-state index in [-0.39, 0.29) is 24.5 Å². The fourth-order valence-electron chi connectivity index (χ4n) is 3.03. The van der Waals surface area contributed by atoms with Crippen LogP contribution in [0.5, 0.6) is 0 Å². The zero-order valence-electron chi connectivity index (χ0n) is 14.3. The lowest BCUT2D eigenvalue weighted by atomic mass is 10.0. The number of benzene rings is 1. The Balaban J connectivity index is 1.97. The van der Waals surface area contributed by atoms with E-state index in [0.717, 1.165) is 42.7 Å². The summed E-state index contributed by atoms with van der Waals surface area (Å²) in [5, 5.41) is 13.3.